The van der Waals surface area contributed by atoms with Crippen LogP contribution in [0.3, 0.4) is 0 Å². The van der Waals surface area contributed by atoms with E-state index in [0.29, 0.717) is 11.3 Å². The molecule has 1 heterocycles. The molecule has 0 aliphatic rings. The van der Waals surface area contributed by atoms with Crippen LogP contribution < -0.4 is 0 Å². The van der Waals surface area contributed by atoms with Gasteiger partial charge in [0.05, 0.1) is 0 Å². The largest absolute Gasteiger partial charge is 0.506 e. The maximum atomic E-state index is 10.2. The van der Waals surface area contributed by atoms with E-state index in [4.69, 9.17) is 10.2 Å². The summed E-state index contributed by atoms with van der Waals surface area (Å²) in [7, 11) is 0. The van der Waals surface area contributed by atoms with Crippen LogP contribution in [0.4, 0.5) is 0 Å². The van der Waals surface area contributed by atoms with Crippen molar-refractivity contribution in [2.24, 2.45) is 0 Å². The average molecular weight is 167 g/mol. The Morgan fingerprint density at radius 3 is 2.75 bits per heavy atom. The number of carboxylic acids is 1. The van der Waals surface area contributed by atoms with Crippen LogP contribution >= 0.6 is 0 Å². The molecule has 0 spiro atoms. The summed E-state index contributed by atoms with van der Waals surface area (Å²) < 4.78 is 0. The number of carbonyl (C=O) groups is 1. The van der Waals surface area contributed by atoms with Gasteiger partial charge in [-0.05, 0) is 12.5 Å². The number of rotatable bonds is 2. The lowest BCUT2D eigenvalue weighted by Gasteiger charge is -1.92. The standard InChI is InChI=1S/C8H9NO3/c1-5(2-8(11)12)7-3-6(10)4-9-7/h2-4,9-10H,1H3,(H,11,12)/b5-2+. The Morgan fingerprint density at radius 1 is 1.67 bits per heavy atom. The molecule has 0 saturated carbocycles. The molecule has 0 aliphatic carbocycles. The van der Waals surface area contributed by atoms with E-state index in [2.05, 4.69) is 4.98 Å². The van der Waals surface area contributed by atoms with Crippen LogP contribution in [0.1, 0.15) is 12.6 Å². The highest BCUT2D eigenvalue weighted by Crippen LogP contribution is 2.17. The second-order valence-electron chi connectivity index (χ2n) is 2.44. The number of aromatic hydroxyl groups is 1. The minimum absolute atomic E-state index is 0.100. The van der Waals surface area contributed by atoms with E-state index in [9.17, 15) is 4.79 Å². The smallest absolute Gasteiger partial charge is 0.328 e. The van der Waals surface area contributed by atoms with E-state index >= 15 is 0 Å². The van der Waals surface area contributed by atoms with Gasteiger partial charge in [-0.2, -0.15) is 0 Å². The van der Waals surface area contributed by atoms with E-state index < -0.39 is 5.97 Å². The molecule has 0 aliphatic heterocycles. The molecule has 4 nitrogen and oxygen atoms in total. The third kappa shape index (κ3) is 1.88. The highest BCUT2D eigenvalue weighted by Gasteiger charge is 2.00. The number of H-pyrrole nitrogens is 1. The Hall–Kier alpha value is -1.71. The van der Waals surface area contributed by atoms with Crippen LogP contribution in [0.15, 0.2) is 18.3 Å². The fourth-order valence-corrected chi connectivity index (χ4v) is 0.874. The minimum atomic E-state index is -0.999. The summed E-state index contributed by atoms with van der Waals surface area (Å²) >= 11 is 0. The van der Waals surface area contributed by atoms with Crippen LogP contribution in [-0.2, 0) is 4.79 Å². The van der Waals surface area contributed by atoms with Gasteiger partial charge in [0, 0.05) is 24.0 Å². The van der Waals surface area contributed by atoms with Crippen molar-refractivity contribution < 1.29 is 15.0 Å². The summed E-state index contributed by atoms with van der Waals surface area (Å²) in [5, 5.41) is 17.3. The van der Waals surface area contributed by atoms with Crippen molar-refractivity contribution in [1.29, 1.82) is 0 Å². The Morgan fingerprint density at radius 2 is 2.33 bits per heavy atom. The molecule has 0 saturated heterocycles. The SMILES string of the molecule is C/C(=C\C(=O)O)c1cc(O)c[nH]1. The number of nitrogens with one attached hydrogen (secondary N) is 1. The summed E-state index contributed by atoms with van der Waals surface area (Å²) in [5.41, 5.74) is 1.18. The third-order valence-electron chi connectivity index (χ3n) is 1.43. The lowest BCUT2D eigenvalue weighted by atomic mass is 10.2. The zero-order valence-corrected chi connectivity index (χ0v) is 6.53. The molecule has 64 valence electrons. The highest BCUT2D eigenvalue weighted by molar-refractivity contribution is 5.89. The molecular weight excluding hydrogens is 158 g/mol. The highest BCUT2D eigenvalue weighted by atomic mass is 16.4. The lowest BCUT2D eigenvalue weighted by molar-refractivity contribution is -0.131. The molecular formula is C8H9NO3. The summed E-state index contributed by atoms with van der Waals surface area (Å²) in [4.78, 5) is 13.0. The fourth-order valence-electron chi connectivity index (χ4n) is 0.874. The van der Waals surface area contributed by atoms with Gasteiger partial charge in [0.2, 0.25) is 0 Å². The summed E-state index contributed by atoms with van der Waals surface area (Å²) in [6.07, 6.45) is 2.47. The number of aliphatic carboxylic acids is 1. The van der Waals surface area contributed by atoms with Crippen molar-refractivity contribution in [1.82, 2.24) is 4.98 Å². The maximum Gasteiger partial charge on any atom is 0.328 e. The van der Waals surface area contributed by atoms with Gasteiger partial charge in [-0.3, -0.25) is 0 Å². The fraction of sp³-hybridized carbons (Fsp3) is 0.125. The molecule has 0 amide bonds. The zero-order valence-electron chi connectivity index (χ0n) is 6.53. The van der Waals surface area contributed by atoms with Gasteiger partial charge in [0.25, 0.3) is 0 Å². The van der Waals surface area contributed by atoms with Gasteiger partial charge in [-0.15, -0.1) is 0 Å². The monoisotopic (exact) mass is 167 g/mol. The molecule has 1 aromatic rings. The minimum Gasteiger partial charge on any atom is -0.506 e. The van der Waals surface area contributed by atoms with E-state index in [1.54, 1.807) is 6.92 Å². The maximum absolute atomic E-state index is 10.2. The van der Waals surface area contributed by atoms with Gasteiger partial charge in [0.15, 0.2) is 0 Å². The van der Waals surface area contributed by atoms with Crippen LogP contribution in [0.2, 0.25) is 0 Å². The molecule has 3 N–H and O–H groups in total. The van der Waals surface area contributed by atoms with E-state index in [1.807, 2.05) is 0 Å². The predicted octanol–water partition coefficient (Wildman–Crippen LogP) is 1.21. The Balaban J connectivity index is 2.91. The quantitative estimate of drug-likeness (QED) is 0.579. The van der Waals surface area contributed by atoms with Crippen molar-refractivity contribution in [3.05, 3.63) is 24.0 Å². The summed E-state index contributed by atoms with van der Waals surface area (Å²) in [6, 6.07) is 1.47. The first kappa shape index (κ1) is 8.39. The molecule has 1 aromatic heterocycles. The number of allylic oxidation sites excluding steroid dienone is 1. The lowest BCUT2D eigenvalue weighted by Crippen LogP contribution is -1.89. The second-order valence-corrected chi connectivity index (χ2v) is 2.44. The van der Waals surface area contributed by atoms with Crippen LogP contribution in [0.5, 0.6) is 5.75 Å². The van der Waals surface area contributed by atoms with E-state index in [0.717, 1.165) is 6.08 Å². The predicted molar refractivity (Wildman–Crippen MR) is 43.7 cm³/mol. The van der Waals surface area contributed by atoms with Crippen LogP contribution in [0.25, 0.3) is 5.57 Å². The van der Waals surface area contributed by atoms with Crippen molar-refractivity contribution >= 4 is 11.5 Å². The van der Waals surface area contributed by atoms with Crippen molar-refractivity contribution in [3.8, 4) is 5.75 Å². The first-order valence-corrected chi connectivity index (χ1v) is 3.38. The van der Waals surface area contributed by atoms with Crippen molar-refractivity contribution in [2.75, 3.05) is 0 Å². The molecule has 0 bridgehead atoms. The number of hydrogen-bond acceptors (Lipinski definition) is 2. The second kappa shape index (κ2) is 3.13. The normalized spacial score (nSPS) is 11.6. The zero-order chi connectivity index (χ0) is 9.14. The third-order valence-corrected chi connectivity index (χ3v) is 1.43. The van der Waals surface area contributed by atoms with E-state index in [1.165, 1.54) is 12.3 Å². The van der Waals surface area contributed by atoms with Gasteiger partial charge >= 0.3 is 5.97 Å². The first-order chi connectivity index (χ1) is 5.59. The van der Waals surface area contributed by atoms with E-state index in [-0.39, 0.29) is 5.75 Å². The Kier molecular flexibility index (Phi) is 2.19. The first-order valence-electron chi connectivity index (χ1n) is 3.38. The van der Waals surface area contributed by atoms with Crippen molar-refractivity contribution in [3.63, 3.8) is 0 Å². The van der Waals surface area contributed by atoms with Gasteiger partial charge < -0.3 is 15.2 Å². The number of carboxylic acid groups (broad SMARTS) is 1. The summed E-state index contributed by atoms with van der Waals surface area (Å²) in [5.74, 6) is -0.898. The topological polar surface area (TPSA) is 73.3 Å². The van der Waals surface area contributed by atoms with Crippen LogP contribution in [-0.4, -0.2) is 21.2 Å². The Bertz CT molecular complexity index is 325. The van der Waals surface area contributed by atoms with Gasteiger partial charge in [-0.1, -0.05) is 0 Å². The average Bonchev–Trinajstić information content (AvgIpc) is 2.34. The molecule has 0 aromatic carbocycles. The molecule has 0 fully saturated rings. The Labute approximate surface area is 69.2 Å². The number of aromatic amines is 1. The molecule has 12 heavy (non-hydrogen) atoms. The number of hydrogen-bond donors (Lipinski definition) is 3. The molecule has 0 unspecified atom stereocenters. The number of aromatic nitrogens is 1. The van der Waals surface area contributed by atoms with Gasteiger partial charge in [-0.25, -0.2) is 4.79 Å². The van der Waals surface area contributed by atoms with Crippen molar-refractivity contribution in [2.45, 2.75) is 6.92 Å². The molecule has 0 atom stereocenters. The molecule has 1 rings (SSSR count). The van der Waals surface area contributed by atoms with Gasteiger partial charge in [0.1, 0.15) is 5.75 Å². The molecule has 4 heteroatoms. The summed E-state index contributed by atoms with van der Waals surface area (Å²) in [6.45, 7) is 1.65. The van der Waals surface area contributed by atoms with Crippen LogP contribution in [0, 0.1) is 0 Å². The molecule has 0 radical (unpaired) electrons.